The molecule has 126 valence electrons. The summed E-state index contributed by atoms with van der Waals surface area (Å²) in [6.45, 7) is 1.80. The first-order chi connectivity index (χ1) is 11.2. The van der Waals surface area contributed by atoms with Gasteiger partial charge in [0.25, 0.3) is 21.6 Å². The van der Waals surface area contributed by atoms with Gasteiger partial charge in [-0.2, -0.15) is 0 Å². The Balaban J connectivity index is 2.14. The molecule has 0 aliphatic rings. The number of rotatable bonds is 5. The molecule has 0 saturated carbocycles. The highest BCUT2D eigenvalue weighted by molar-refractivity contribution is 7.89. The van der Waals surface area contributed by atoms with Crippen LogP contribution in [0.15, 0.2) is 47.4 Å². The minimum atomic E-state index is -3.96. The van der Waals surface area contributed by atoms with E-state index >= 15 is 0 Å². The van der Waals surface area contributed by atoms with Crippen molar-refractivity contribution in [3.63, 3.8) is 0 Å². The van der Waals surface area contributed by atoms with E-state index in [0.717, 1.165) is 11.6 Å². The number of hydrogen-bond acceptors (Lipinski definition) is 5. The van der Waals surface area contributed by atoms with E-state index in [2.05, 4.69) is 0 Å². The van der Waals surface area contributed by atoms with Crippen LogP contribution in [-0.4, -0.2) is 19.2 Å². The first kappa shape index (κ1) is 17.9. The SMILES string of the molecule is Cc1ccc(S(=O)(=O)NNC(=O)c2ccc(Cl)c([N+](=O)[O-])c2)cc1. The van der Waals surface area contributed by atoms with Crippen LogP contribution >= 0.6 is 11.6 Å². The smallest absolute Gasteiger partial charge is 0.273 e. The number of hydrogen-bond donors (Lipinski definition) is 2. The molecule has 10 heteroatoms. The van der Waals surface area contributed by atoms with Crippen LogP contribution < -0.4 is 10.3 Å². The maximum atomic E-state index is 12.1. The molecule has 2 aromatic rings. The molecule has 2 rings (SSSR count). The fourth-order valence-corrected chi connectivity index (χ4v) is 2.78. The fraction of sp³-hybridized carbons (Fsp3) is 0.0714. The predicted molar refractivity (Wildman–Crippen MR) is 87.1 cm³/mol. The molecule has 8 nitrogen and oxygen atoms in total. The van der Waals surface area contributed by atoms with Crippen LogP contribution in [0, 0.1) is 17.0 Å². The standard InChI is InChI=1S/C14H12ClN3O5S/c1-9-2-5-11(6-3-9)24(22,23)17-16-14(19)10-4-7-12(15)13(8-10)18(20)21/h2-8,17H,1H3,(H,16,19). The normalized spacial score (nSPS) is 11.1. The second-order valence-electron chi connectivity index (χ2n) is 4.80. The van der Waals surface area contributed by atoms with Gasteiger partial charge in [0.1, 0.15) is 5.02 Å². The van der Waals surface area contributed by atoms with Crippen molar-refractivity contribution in [2.75, 3.05) is 0 Å². The highest BCUT2D eigenvalue weighted by Gasteiger charge is 2.19. The summed E-state index contributed by atoms with van der Waals surface area (Å²) in [7, 11) is -3.96. The summed E-state index contributed by atoms with van der Waals surface area (Å²) in [5.74, 6) is -0.856. The molecule has 2 aromatic carbocycles. The molecule has 24 heavy (non-hydrogen) atoms. The number of benzene rings is 2. The Kier molecular flexibility index (Phi) is 5.17. The number of hydrazine groups is 1. The first-order valence-corrected chi connectivity index (χ1v) is 8.39. The van der Waals surface area contributed by atoms with Crippen molar-refractivity contribution < 1.29 is 18.1 Å². The topological polar surface area (TPSA) is 118 Å². The zero-order chi connectivity index (χ0) is 17.9. The predicted octanol–water partition coefficient (Wildman–Crippen LogP) is 2.18. The zero-order valence-corrected chi connectivity index (χ0v) is 13.9. The first-order valence-electron chi connectivity index (χ1n) is 6.53. The molecule has 0 spiro atoms. The minimum absolute atomic E-state index is 0.0320. The third-order valence-corrected chi connectivity index (χ3v) is 4.62. The number of nitro benzene ring substituents is 1. The number of nitrogens with zero attached hydrogens (tertiary/aromatic N) is 1. The van der Waals surface area contributed by atoms with Gasteiger partial charge in [0.2, 0.25) is 0 Å². The monoisotopic (exact) mass is 369 g/mol. The summed E-state index contributed by atoms with van der Waals surface area (Å²) in [5.41, 5.74) is 2.31. The fourth-order valence-electron chi connectivity index (χ4n) is 1.76. The minimum Gasteiger partial charge on any atom is -0.273 e. The Hall–Kier alpha value is -2.49. The van der Waals surface area contributed by atoms with Crippen molar-refractivity contribution in [2.24, 2.45) is 0 Å². The number of sulfonamides is 1. The van der Waals surface area contributed by atoms with E-state index in [1.807, 2.05) is 10.3 Å². The van der Waals surface area contributed by atoms with Crippen LogP contribution in [0.2, 0.25) is 5.02 Å². The van der Waals surface area contributed by atoms with Crippen LogP contribution in [0.25, 0.3) is 0 Å². The number of carbonyl (C=O) groups is 1. The van der Waals surface area contributed by atoms with Crippen LogP contribution in [-0.2, 0) is 10.0 Å². The Morgan fingerprint density at radius 1 is 1.17 bits per heavy atom. The van der Waals surface area contributed by atoms with E-state index in [1.54, 1.807) is 19.1 Å². The third kappa shape index (κ3) is 4.07. The van der Waals surface area contributed by atoms with Gasteiger partial charge in [0.05, 0.1) is 9.82 Å². The second-order valence-corrected chi connectivity index (χ2v) is 6.89. The Labute approximate surface area is 142 Å². The lowest BCUT2D eigenvalue weighted by Gasteiger charge is -2.09. The quantitative estimate of drug-likeness (QED) is 0.618. The van der Waals surface area contributed by atoms with Crippen molar-refractivity contribution in [3.8, 4) is 0 Å². The third-order valence-electron chi connectivity index (χ3n) is 3.04. The Morgan fingerprint density at radius 3 is 2.38 bits per heavy atom. The van der Waals surface area contributed by atoms with Gasteiger partial charge in [0, 0.05) is 11.6 Å². The lowest BCUT2D eigenvalue weighted by Crippen LogP contribution is -2.41. The number of carbonyl (C=O) groups excluding carboxylic acids is 1. The molecule has 2 N–H and O–H groups in total. The van der Waals surface area contributed by atoms with E-state index < -0.39 is 26.5 Å². The molecule has 0 bridgehead atoms. The summed E-state index contributed by atoms with van der Waals surface area (Å²) in [4.78, 5) is 23.9. The van der Waals surface area contributed by atoms with Crippen molar-refractivity contribution in [1.82, 2.24) is 10.3 Å². The molecule has 0 fully saturated rings. The molecule has 0 aliphatic heterocycles. The second kappa shape index (κ2) is 6.95. The van der Waals surface area contributed by atoms with Crippen molar-refractivity contribution in [2.45, 2.75) is 11.8 Å². The van der Waals surface area contributed by atoms with Gasteiger partial charge in [-0.05, 0) is 31.2 Å². The van der Waals surface area contributed by atoms with Gasteiger partial charge in [0.15, 0.2) is 0 Å². The molecule has 0 aliphatic carbocycles. The van der Waals surface area contributed by atoms with Crippen LogP contribution in [0.1, 0.15) is 15.9 Å². The van der Waals surface area contributed by atoms with Gasteiger partial charge >= 0.3 is 0 Å². The molecule has 1 amide bonds. The van der Waals surface area contributed by atoms with Crippen molar-refractivity contribution in [3.05, 3.63) is 68.7 Å². The number of amides is 1. The lowest BCUT2D eigenvalue weighted by atomic mass is 10.2. The summed E-state index contributed by atoms with van der Waals surface area (Å²) >= 11 is 5.65. The molecule has 0 heterocycles. The van der Waals surface area contributed by atoms with E-state index in [0.29, 0.717) is 0 Å². The molecule has 0 aromatic heterocycles. The van der Waals surface area contributed by atoms with E-state index in [4.69, 9.17) is 11.6 Å². The summed E-state index contributed by atoms with van der Waals surface area (Å²) in [5, 5.41) is 10.7. The summed E-state index contributed by atoms with van der Waals surface area (Å²) in [6.07, 6.45) is 0. The molecular weight excluding hydrogens is 358 g/mol. The van der Waals surface area contributed by atoms with E-state index in [1.165, 1.54) is 24.3 Å². The van der Waals surface area contributed by atoms with Crippen LogP contribution in [0.3, 0.4) is 0 Å². The molecule has 0 radical (unpaired) electrons. The number of nitro groups is 1. The molecule has 0 saturated heterocycles. The maximum Gasteiger partial charge on any atom is 0.288 e. The van der Waals surface area contributed by atoms with Crippen molar-refractivity contribution >= 4 is 33.2 Å². The average molecular weight is 370 g/mol. The highest BCUT2D eigenvalue weighted by Crippen LogP contribution is 2.24. The largest absolute Gasteiger partial charge is 0.288 e. The highest BCUT2D eigenvalue weighted by atomic mass is 35.5. The van der Waals surface area contributed by atoms with Crippen LogP contribution in [0.4, 0.5) is 5.69 Å². The van der Waals surface area contributed by atoms with E-state index in [-0.39, 0.29) is 15.5 Å². The van der Waals surface area contributed by atoms with Crippen molar-refractivity contribution in [1.29, 1.82) is 0 Å². The number of nitrogens with one attached hydrogen (secondary N) is 2. The summed E-state index contributed by atoms with van der Waals surface area (Å²) < 4.78 is 24.1. The van der Waals surface area contributed by atoms with Gasteiger partial charge < -0.3 is 0 Å². The number of aryl methyl sites for hydroxylation is 1. The molecular formula is C14H12ClN3O5S. The summed E-state index contributed by atoms with van der Waals surface area (Å²) in [6, 6.07) is 9.37. The Bertz CT molecular complexity index is 897. The average Bonchev–Trinajstić information content (AvgIpc) is 2.53. The zero-order valence-electron chi connectivity index (χ0n) is 12.3. The lowest BCUT2D eigenvalue weighted by molar-refractivity contribution is -0.384. The van der Waals surface area contributed by atoms with E-state index in [9.17, 15) is 23.3 Å². The van der Waals surface area contributed by atoms with Gasteiger partial charge in [-0.15, -0.1) is 4.83 Å². The van der Waals surface area contributed by atoms with Crippen LogP contribution in [0.5, 0.6) is 0 Å². The molecule has 0 unspecified atom stereocenters. The maximum absolute atomic E-state index is 12.1. The molecule has 0 atom stereocenters. The number of halogens is 1. The van der Waals surface area contributed by atoms with Gasteiger partial charge in [-0.1, -0.05) is 29.3 Å². The Morgan fingerprint density at radius 2 is 1.79 bits per heavy atom. The van der Waals surface area contributed by atoms with Gasteiger partial charge in [-0.3, -0.25) is 20.3 Å². The van der Waals surface area contributed by atoms with Gasteiger partial charge in [-0.25, -0.2) is 8.42 Å².